The summed E-state index contributed by atoms with van der Waals surface area (Å²) >= 11 is 7.61. The molecule has 0 atom stereocenters. The number of hydrogen-bond donors (Lipinski definition) is 0. The first-order valence-electron chi connectivity index (χ1n) is 4.73. The van der Waals surface area contributed by atoms with E-state index in [-0.39, 0.29) is 5.69 Å². The molecule has 0 unspecified atom stereocenters. The lowest BCUT2D eigenvalue weighted by atomic mass is 10.2. The van der Waals surface area contributed by atoms with Crippen LogP contribution in [0, 0.1) is 0 Å². The third-order valence-electron chi connectivity index (χ3n) is 2.05. The molecule has 2 rings (SSSR count). The highest BCUT2D eigenvalue weighted by Gasteiger charge is 2.36. The molecule has 11 heteroatoms. The minimum absolute atomic E-state index is 0.300. The molecule has 0 aliphatic carbocycles. The second kappa shape index (κ2) is 4.92. The van der Waals surface area contributed by atoms with Crippen LogP contribution in [0.25, 0.3) is 11.5 Å². The van der Waals surface area contributed by atoms with Crippen molar-refractivity contribution in [3.05, 3.63) is 28.7 Å². The van der Waals surface area contributed by atoms with Gasteiger partial charge in [0.25, 0.3) is 0 Å². The third kappa shape index (κ3) is 3.06. The largest absolute Gasteiger partial charge is 0.417 e. The lowest BCUT2D eigenvalue weighted by Gasteiger charge is -2.07. The van der Waals surface area contributed by atoms with Crippen molar-refractivity contribution in [3.8, 4) is 11.5 Å². The van der Waals surface area contributed by atoms with Crippen molar-refractivity contribution in [2.75, 3.05) is 0 Å². The summed E-state index contributed by atoms with van der Waals surface area (Å²) in [6, 6.07) is 0.589. The summed E-state index contributed by atoms with van der Waals surface area (Å²) in [6.07, 6.45) is -4.13. The molecule has 0 bridgehead atoms. The fourth-order valence-electron chi connectivity index (χ4n) is 1.19. The minimum atomic E-state index is -4.62. The van der Waals surface area contributed by atoms with Crippen LogP contribution >= 0.6 is 27.5 Å². The van der Waals surface area contributed by atoms with Gasteiger partial charge in [-0.2, -0.15) is 26.9 Å². The monoisotopic (exact) mass is 377 g/mol. The van der Waals surface area contributed by atoms with Crippen LogP contribution in [-0.4, -0.2) is 15.1 Å². The third-order valence-corrected chi connectivity index (χ3v) is 2.68. The average molecular weight is 378 g/mol. The molecule has 0 aromatic carbocycles. The summed E-state index contributed by atoms with van der Waals surface area (Å²) in [6.45, 7) is 0. The Morgan fingerprint density at radius 3 is 2.30 bits per heavy atom. The van der Waals surface area contributed by atoms with Crippen molar-refractivity contribution in [2.45, 2.75) is 11.0 Å². The van der Waals surface area contributed by atoms with Gasteiger partial charge in [0.15, 0.2) is 0 Å². The Morgan fingerprint density at radius 2 is 1.85 bits per heavy atom. The molecule has 108 valence electrons. The number of halogens is 7. The molecular weight excluding hydrogens is 376 g/mol. The number of nitrogens with zero attached hydrogens (tertiary/aromatic N) is 3. The summed E-state index contributed by atoms with van der Waals surface area (Å²) < 4.78 is 67.1. The Kier molecular flexibility index (Phi) is 3.71. The number of rotatable bonds is 2. The van der Waals surface area contributed by atoms with Crippen LogP contribution < -0.4 is 0 Å². The van der Waals surface area contributed by atoms with Gasteiger partial charge in [-0.25, -0.2) is 0 Å². The molecule has 0 saturated heterocycles. The van der Waals surface area contributed by atoms with E-state index in [1.165, 1.54) is 0 Å². The predicted octanol–water partition coefficient (Wildman–Crippen LogP) is 4.25. The van der Waals surface area contributed by atoms with Gasteiger partial charge in [-0.1, -0.05) is 16.8 Å². The number of hydrogen-bond acceptors (Lipinski definition) is 4. The maximum absolute atomic E-state index is 12.8. The number of alkyl halides is 6. The highest BCUT2D eigenvalue weighted by Crippen LogP contribution is 2.36. The molecule has 2 aromatic heterocycles. The van der Waals surface area contributed by atoms with Gasteiger partial charge in [-0.15, -0.1) is 0 Å². The van der Waals surface area contributed by atoms with E-state index < -0.39 is 33.3 Å². The molecule has 0 aliphatic heterocycles. The highest BCUT2D eigenvalue weighted by atomic mass is 79.9. The standard InChI is InChI=1S/C9H2BrClF5N3O/c10-8(12,13)7-18-6(19-20-7)5-4(11)1-3(2-17-5)9(14,15)16/h1-2H. The summed E-state index contributed by atoms with van der Waals surface area (Å²) in [7, 11) is 0. The highest BCUT2D eigenvalue weighted by molar-refractivity contribution is 9.09. The van der Waals surface area contributed by atoms with Gasteiger partial charge in [0.1, 0.15) is 5.69 Å². The topological polar surface area (TPSA) is 51.8 Å². The number of aromatic nitrogens is 3. The van der Waals surface area contributed by atoms with Crippen LogP contribution in [0.1, 0.15) is 11.5 Å². The van der Waals surface area contributed by atoms with Gasteiger partial charge >= 0.3 is 16.9 Å². The minimum Gasteiger partial charge on any atom is -0.331 e. The quantitative estimate of drug-likeness (QED) is 0.579. The second-order valence-electron chi connectivity index (χ2n) is 3.47. The first-order chi connectivity index (χ1) is 9.09. The van der Waals surface area contributed by atoms with Gasteiger partial charge in [-0.3, -0.25) is 4.98 Å². The van der Waals surface area contributed by atoms with E-state index in [1.807, 2.05) is 15.9 Å². The van der Waals surface area contributed by atoms with E-state index in [2.05, 4.69) is 19.6 Å². The molecule has 0 aliphatic rings. The molecule has 0 fully saturated rings. The summed E-state index contributed by atoms with van der Waals surface area (Å²) in [5.74, 6) is -1.51. The smallest absolute Gasteiger partial charge is 0.331 e. The molecule has 0 saturated carbocycles. The maximum atomic E-state index is 12.8. The molecule has 0 amide bonds. The van der Waals surface area contributed by atoms with Gasteiger partial charge in [0, 0.05) is 22.1 Å². The number of pyridine rings is 1. The zero-order chi connectivity index (χ0) is 15.1. The normalized spacial score (nSPS) is 12.8. The fraction of sp³-hybridized carbons (Fsp3) is 0.222. The van der Waals surface area contributed by atoms with Gasteiger partial charge in [-0.05, 0) is 6.07 Å². The maximum Gasteiger partial charge on any atom is 0.417 e. The van der Waals surface area contributed by atoms with Crippen LogP contribution in [-0.2, 0) is 11.0 Å². The Balaban J connectivity index is 2.42. The molecule has 20 heavy (non-hydrogen) atoms. The lowest BCUT2D eigenvalue weighted by molar-refractivity contribution is -0.137. The molecule has 0 radical (unpaired) electrons. The molecule has 2 heterocycles. The van der Waals surface area contributed by atoms with Crippen molar-refractivity contribution in [1.82, 2.24) is 15.1 Å². The van der Waals surface area contributed by atoms with Crippen molar-refractivity contribution >= 4 is 27.5 Å². The van der Waals surface area contributed by atoms with E-state index >= 15 is 0 Å². The Morgan fingerprint density at radius 1 is 1.20 bits per heavy atom. The Bertz CT molecular complexity index is 639. The SMILES string of the molecule is FC(F)(F)c1cnc(-c2noc(C(F)(F)Br)n2)c(Cl)c1. The van der Waals surface area contributed by atoms with E-state index in [1.54, 1.807) is 0 Å². The summed E-state index contributed by atoms with van der Waals surface area (Å²) in [4.78, 5) is 3.16. The van der Waals surface area contributed by atoms with Gasteiger partial charge in [0.05, 0.1) is 10.6 Å². The Hall–Kier alpha value is -1.29. The lowest BCUT2D eigenvalue weighted by Crippen LogP contribution is -2.06. The van der Waals surface area contributed by atoms with E-state index in [0.29, 0.717) is 12.3 Å². The van der Waals surface area contributed by atoms with Gasteiger partial charge in [0.2, 0.25) is 5.82 Å². The summed E-state index contributed by atoms with van der Waals surface area (Å²) in [5, 5.41) is 2.74. The van der Waals surface area contributed by atoms with Crippen LogP contribution in [0.5, 0.6) is 0 Å². The van der Waals surface area contributed by atoms with Gasteiger partial charge < -0.3 is 4.52 Å². The van der Waals surface area contributed by atoms with Crippen LogP contribution in [0.15, 0.2) is 16.8 Å². The van der Waals surface area contributed by atoms with Crippen molar-refractivity contribution < 1.29 is 26.5 Å². The van der Waals surface area contributed by atoms with Crippen molar-refractivity contribution in [1.29, 1.82) is 0 Å². The predicted molar refractivity (Wildman–Crippen MR) is 60.4 cm³/mol. The summed E-state index contributed by atoms with van der Waals surface area (Å²) in [5.41, 5.74) is -1.38. The first-order valence-corrected chi connectivity index (χ1v) is 5.90. The van der Waals surface area contributed by atoms with Crippen molar-refractivity contribution in [2.24, 2.45) is 0 Å². The average Bonchev–Trinajstić information content (AvgIpc) is 2.76. The molecule has 0 N–H and O–H groups in total. The molecule has 4 nitrogen and oxygen atoms in total. The molecule has 2 aromatic rings. The molecule has 0 spiro atoms. The Labute approximate surface area is 121 Å². The van der Waals surface area contributed by atoms with E-state index in [4.69, 9.17) is 11.6 Å². The molecular formula is C9H2BrClF5N3O. The van der Waals surface area contributed by atoms with Crippen LogP contribution in [0.3, 0.4) is 0 Å². The zero-order valence-corrected chi connectivity index (χ0v) is 11.4. The van der Waals surface area contributed by atoms with Crippen LogP contribution in [0.2, 0.25) is 5.02 Å². The second-order valence-corrected chi connectivity index (χ2v) is 4.88. The first kappa shape index (κ1) is 15.1. The van der Waals surface area contributed by atoms with E-state index in [0.717, 1.165) is 0 Å². The van der Waals surface area contributed by atoms with E-state index in [9.17, 15) is 22.0 Å². The van der Waals surface area contributed by atoms with Crippen LogP contribution in [0.4, 0.5) is 22.0 Å². The van der Waals surface area contributed by atoms with Crippen molar-refractivity contribution in [3.63, 3.8) is 0 Å². The fourth-order valence-corrected chi connectivity index (χ4v) is 1.60. The zero-order valence-electron chi connectivity index (χ0n) is 9.05.